The van der Waals surface area contributed by atoms with Crippen LogP contribution in [0.1, 0.15) is 43.6 Å². The van der Waals surface area contributed by atoms with Crippen molar-refractivity contribution in [2.24, 2.45) is 4.99 Å². The highest BCUT2D eigenvalue weighted by molar-refractivity contribution is 5.84. The Balaban J connectivity index is 1.61. The molecule has 0 aromatic carbocycles. The molecule has 0 fully saturated rings. The molecule has 1 aliphatic heterocycles. The summed E-state index contributed by atoms with van der Waals surface area (Å²) in [6.07, 6.45) is 4.22. The Labute approximate surface area is 171 Å². The number of hydrogen-bond acceptors (Lipinski definition) is 5. The van der Waals surface area contributed by atoms with E-state index in [2.05, 4.69) is 39.6 Å². The Morgan fingerprint density at radius 1 is 1.45 bits per heavy atom. The molecule has 2 aromatic rings. The van der Waals surface area contributed by atoms with Crippen LogP contribution in [0, 0.1) is 0 Å². The second-order valence-electron chi connectivity index (χ2n) is 7.81. The number of fused-ring (bicyclic) bond motifs is 1. The molecule has 1 amide bonds. The fourth-order valence-corrected chi connectivity index (χ4v) is 3.08. The van der Waals surface area contributed by atoms with Crippen molar-refractivity contribution in [3.05, 3.63) is 35.8 Å². The van der Waals surface area contributed by atoms with Gasteiger partial charge in [0.25, 0.3) is 0 Å². The van der Waals surface area contributed by atoms with E-state index >= 15 is 0 Å². The molecule has 29 heavy (non-hydrogen) atoms. The number of hydrogen-bond donors (Lipinski definition) is 2. The molecule has 9 nitrogen and oxygen atoms in total. The lowest BCUT2D eigenvalue weighted by Gasteiger charge is -2.25. The third-order valence-electron chi connectivity index (χ3n) is 4.85. The predicted molar refractivity (Wildman–Crippen MR) is 111 cm³/mol. The summed E-state index contributed by atoms with van der Waals surface area (Å²) < 4.78 is 7.36. The van der Waals surface area contributed by atoms with Crippen molar-refractivity contribution in [3.63, 3.8) is 0 Å². The quantitative estimate of drug-likeness (QED) is 0.534. The largest absolute Gasteiger partial charge is 0.469 e. The fraction of sp³-hybridized carbons (Fsp3) is 0.600. The van der Waals surface area contributed by atoms with E-state index in [0.29, 0.717) is 18.4 Å². The molecule has 0 saturated carbocycles. The van der Waals surface area contributed by atoms with Crippen LogP contribution in [0.4, 0.5) is 0 Å². The van der Waals surface area contributed by atoms with Gasteiger partial charge in [0, 0.05) is 45.4 Å². The summed E-state index contributed by atoms with van der Waals surface area (Å²) in [7, 11) is 3.46. The standard InChI is InChI=1S/C20H31N7O2/c1-14(2)19-24-17-8-7-15(13-27(17)25-19)23-20(22-12-18(28)26(3)4)21-10-9-16-6-5-11-29-16/h5-6,11,14-15H,7-10,12-13H2,1-4H3,(H2,21,22,23). The van der Waals surface area contributed by atoms with Gasteiger partial charge in [-0.15, -0.1) is 0 Å². The Bertz CT molecular complexity index is 824. The highest BCUT2D eigenvalue weighted by Crippen LogP contribution is 2.17. The lowest BCUT2D eigenvalue weighted by atomic mass is 10.1. The molecule has 1 atom stereocenters. The molecule has 0 bridgehead atoms. The number of amides is 1. The van der Waals surface area contributed by atoms with Crippen molar-refractivity contribution < 1.29 is 9.21 Å². The van der Waals surface area contributed by atoms with Crippen molar-refractivity contribution >= 4 is 11.9 Å². The molecule has 1 unspecified atom stereocenters. The predicted octanol–water partition coefficient (Wildman–Crippen LogP) is 1.18. The van der Waals surface area contributed by atoms with E-state index in [4.69, 9.17) is 4.42 Å². The summed E-state index contributed by atoms with van der Waals surface area (Å²) in [5.74, 6) is 3.75. The Hall–Kier alpha value is -2.84. The number of carbonyl (C=O) groups excluding carboxylic acids is 1. The van der Waals surface area contributed by atoms with Gasteiger partial charge in [-0.2, -0.15) is 5.10 Å². The van der Waals surface area contributed by atoms with Crippen LogP contribution in [0.15, 0.2) is 27.8 Å². The van der Waals surface area contributed by atoms with E-state index in [1.165, 1.54) is 0 Å². The number of rotatable bonds is 7. The van der Waals surface area contributed by atoms with Gasteiger partial charge in [-0.3, -0.25) is 4.79 Å². The van der Waals surface area contributed by atoms with Gasteiger partial charge in [0.1, 0.15) is 18.1 Å². The Morgan fingerprint density at radius 2 is 2.28 bits per heavy atom. The second-order valence-corrected chi connectivity index (χ2v) is 7.81. The SMILES string of the molecule is CC(C)c1nc2n(n1)CC(NC(=NCC(=O)N(C)C)NCCc1ccco1)CC2. The monoisotopic (exact) mass is 401 g/mol. The molecular formula is C20H31N7O2. The first-order valence-electron chi connectivity index (χ1n) is 10.1. The number of furan rings is 1. The molecule has 0 radical (unpaired) electrons. The van der Waals surface area contributed by atoms with Crippen molar-refractivity contribution in [2.45, 2.75) is 51.6 Å². The zero-order valence-electron chi connectivity index (χ0n) is 17.7. The lowest BCUT2D eigenvalue weighted by molar-refractivity contribution is -0.127. The average molecular weight is 402 g/mol. The highest BCUT2D eigenvalue weighted by Gasteiger charge is 2.23. The summed E-state index contributed by atoms with van der Waals surface area (Å²) in [5.41, 5.74) is 0. The number of nitrogens with zero attached hydrogens (tertiary/aromatic N) is 5. The van der Waals surface area contributed by atoms with Gasteiger partial charge in [0.05, 0.1) is 12.8 Å². The van der Waals surface area contributed by atoms with Crippen LogP contribution in [0.5, 0.6) is 0 Å². The number of nitrogens with one attached hydrogen (secondary N) is 2. The zero-order chi connectivity index (χ0) is 20.8. The molecule has 1 aliphatic rings. The van der Waals surface area contributed by atoms with Gasteiger partial charge in [0.2, 0.25) is 5.91 Å². The lowest BCUT2D eigenvalue weighted by Crippen LogP contribution is -2.48. The minimum Gasteiger partial charge on any atom is -0.469 e. The average Bonchev–Trinajstić information content (AvgIpc) is 3.34. The fourth-order valence-electron chi connectivity index (χ4n) is 3.08. The smallest absolute Gasteiger partial charge is 0.243 e. The summed E-state index contributed by atoms with van der Waals surface area (Å²) in [6.45, 7) is 5.70. The molecular weight excluding hydrogens is 370 g/mol. The van der Waals surface area contributed by atoms with Crippen LogP contribution in [0.3, 0.4) is 0 Å². The molecule has 0 saturated heterocycles. The maximum absolute atomic E-state index is 12.0. The number of aryl methyl sites for hydroxylation is 1. The van der Waals surface area contributed by atoms with Crippen LogP contribution >= 0.6 is 0 Å². The first-order valence-corrected chi connectivity index (χ1v) is 10.1. The highest BCUT2D eigenvalue weighted by atomic mass is 16.3. The van der Waals surface area contributed by atoms with E-state index < -0.39 is 0 Å². The Kier molecular flexibility index (Phi) is 6.90. The molecule has 3 heterocycles. The minimum absolute atomic E-state index is 0.0408. The second kappa shape index (κ2) is 9.58. The minimum atomic E-state index is -0.0408. The van der Waals surface area contributed by atoms with Gasteiger partial charge in [-0.25, -0.2) is 14.7 Å². The van der Waals surface area contributed by atoms with Gasteiger partial charge in [0.15, 0.2) is 11.8 Å². The molecule has 0 spiro atoms. The summed E-state index contributed by atoms with van der Waals surface area (Å²) in [5, 5.41) is 11.4. The molecule has 2 N–H and O–H groups in total. The first kappa shape index (κ1) is 20.9. The van der Waals surface area contributed by atoms with Crippen LogP contribution in [-0.4, -0.2) is 64.8 Å². The molecule has 0 aliphatic carbocycles. The maximum Gasteiger partial charge on any atom is 0.243 e. The molecule has 2 aromatic heterocycles. The van der Waals surface area contributed by atoms with Crippen LogP contribution in [-0.2, 0) is 24.2 Å². The third kappa shape index (κ3) is 5.82. The zero-order valence-corrected chi connectivity index (χ0v) is 17.7. The third-order valence-corrected chi connectivity index (χ3v) is 4.85. The van der Waals surface area contributed by atoms with Crippen LogP contribution in [0.25, 0.3) is 0 Å². The summed E-state index contributed by atoms with van der Waals surface area (Å²) >= 11 is 0. The number of likely N-dealkylation sites (N-methyl/N-ethyl adjacent to an activating group) is 1. The van der Waals surface area contributed by atoms with Crippen molar-refractivity contribution in [3.8, 4) is 0 Å². The van der Waals surface area contributed by atoms with Crippen molar-refractivity contribution in [1.82, 2.24) is 30.3 Å². The van der Waals surface area contributed by atoms with Gasteiger partial charge in [-0.1, -0.05) is 13.8 Å². The van der Waals surface area contributed by atoms with Crippen LogP contribution < -0.4 is 10.6 Å². The van der Waals surface area contributed by atoms with E-state index in [-0.39, 0.29) is 18.5 Å². The summed E-state index contributed by atoms with van der Waals surface area (Å²) in [4.78, 5) is 22.6. The topological polar surface area (TPSA) is 101 Å². The van der Waals surface area contributed by atoms with E-state index in [9.17, 15) is 4.79 Å². The molecule has 158 valence electrons. The molecule has 3 rings (SSSR count). The van der Waals surface area contributed by atoms with Gasteiger partial charge in [-0.05, 0) is 18.6 Å². The summed E-state index contributed by atoms with van der Waals surface area (Å²) in [6, 6.07) is 4.00. The van der Waals surface area contributed by atoms with Crippen molar-refractivity contribution in [2.75, 3.05) is 27.2 Å². The number of carbonyl (C=O) groups is 1. The van der Waals surface area contributed by atoms with E-state index in [1.807, 2.05) is 16.8 Å². The normalized spacial score (nSPS) is 16.6. The maximum atomic E-state index is 12.0. The van der Waals surface area contributed by atoms with Gasteiger partial charge >= 0.3 is 0 Å². The van der Waals surface area contributed by atoms with Crippen LogP contribution in [0.2, 0.25) is 0 Å². The van der Waals surface area contributed by atoms with E-state index in [0.717, 1.165) is 43.2 Å². The van der Waals surface area contributed by atoms with E-state index in [1.54, 1.807) is 25.3 Å². The van der Waals surface area contributed by atoms with Gasteiger partial charge < -0.3 is 20.0 Å². The first-order chi connectivity index (χ1) is 13.9. The number of aromatic nitrogens is 3. The number of aliphatic imine (C=N–C) groups is 1. The Morgan fingerprint density at radius 3 is 2.97 bits per heavy atom. The number of guanidine groups is 1. The van der Waals surface area contributed by atoms with Crippen molar-refractivity contribution in [1.29, 1.82) is 0 Å². The molecule has 9 heteroatoms.